The first-order valence-electron chi connectivity index (χ1n) is 5.70. The van der Waals surface area contributed by atoms with Gasteiger partial charge in [-0.25, -0.2) is 8.78 Å². The molecule has 0 aliphatic heterocycles. The van der Waals surface area contributed by atoms with Crippen molar-refractivity contribution < 1.29 is 8.78 Å². The van der Waals surface area contributed by atoms with E-state index in [2.05, 4.69) is 21.2 Å². The highest BCUT2D eigenvalue weighted by molar-refractivity contribution is 9.10. The van der Waals surface area contributed by atoms with E-state index in [1.807, 2.05) is 6.07 Å². The van der Waals surface area contributed by atoms with E-state index in [4.69, 9.17) is 23.2 Å². The average molecular weight is 381 g/mol. The maximum absolute atomic E-state index is 13.4. The summed E-state index contributed by atoms with van der Waals surface area (Å²) in [7, 11) is 1.71. The van der Waals surface area contributed by atoms with E-state index in [9.17, 15) is 8.78 Å². The summed E-state index contributed by atoms with van der Waals surface area (Å²) in [6, 6.07) is 7.03. The molecular formula is C14H10BrCl2F2N. The molecule has 0 bridgehead atoms. The molecule has 0 saturated heterocycles. The van der Waals surface area contributed by atoms with Gasteiger partial charge in [-0.05, 0) is 58.4 Å². The summed E-state index contributed by atoms with van der Waals surface area (Å²) in [5.41, 5.74) is 1.25. The molecule has 106 valence electrons. The van der Waals surface area contributed by atoms with Gasteiger partial charge < -0.3 is 5.32 Å². The minimum absolute atomic E-state index is 0.155. The fraction of sp³-hybridized carbons (Fsp3) is 0.143. The Morgan fingerprint density at radius 3 is 2.30 bits per heavy atom. The molecule has 0 saturated carbocycles. The molecule has 0 spiro atoms. The average Bonchev–Trinajstić information content (AvgIpc) is 2.40. The zero-order valence-electron chi connectivity index (χ0n) is 10.4. The normalized spacial score (nSPS) is 12.5. The van der Waals surface area contributed by atoms with Gasteiger partial charge in [0.2, 0.25) is 0 Å². The van der Waals surface area contributed by atoms with Crippen LogP contribution in [0.15, 0.2) is 34.8 Å². The molecule has 1 unspecified atom stereocenters. The van der Waals surface area contributed by atoms with E-state index < -0.39 is 11.6 Å². The molecule has 1 atom stereocenters. The summed E-state index contributed by atoms with van der Waals surface area (Å²) in [6.07, 6.45) is 0. The van der Waals surface area contributed by atoms with Crippen molar-refractivity contribution in [3.8, 4) is 0 Å². The smallest absolute Gasteiger partial charge is 0.160 e. The summed E-state index contributed by atoms with van der Waals surface area (Å²) in [6.45, 7) is 0. The third-order valence-corrected chi connectivity index (χ3v) is 4.48. The second-order valence-corrected chi connectivity index (χ2v) is 5.85. The highest BCUT2D eigenvalue weighted by Gasteiger charge is 2.19. The van der Waals surface area contributed by atoms with E-state index in [1.165, 1.54) is 0 Å². The number of hydrogen-bond acceptors (Lipinski definition) is 1. The quantitative estimate of drug-likeness (QED) is 0.708. The minimum Gasteiger partial charge on any atom is -0.309 e. The topological polar surface area (TPSA) is 12.0 Å². The lowest BCUT2D eigenvalue weighted by molar-refractivity contribution is 0.505. The Hall–Kier alpha value is -0.680. The Bertz CT molecular complexity index is 649. The van der Waals surface area contributed by atoms with Crippen LogP contribution in [0.2, 0.25) is 10.0 Å². The third kappa shape index (κ3) is 3.14. The van der Waals surface area contributed by atoms with Crippen molar-refractivity contribution in [2.45, 2.75) is 6.04 Å². The standard InChI is InChI=1S/C14H10BrCl2F2N/c1-20-14(7-2-3-9(15)11(17)4-7)8-5-12(18)13(19)6-10(8)16/h2-6,14,20H,1H3. The summed E-state index contributed by atoms with van der Waals surface area (Å²) < 4.78 is 27.3. The maximum atomic E-state index is 13.4. The van der Waals surface area contributed by atoms with Crippen LogP contribution in [0.25, 0.3) is 0 Å². The lowest BCUT2D eigenvalue weighted by Gasteiger charge is -2.19. The number of hydrogen-bond donors (Lipinski definition) is 1. The molecule has 0 amide bonds. The van der Waals surface area contributed by atoms with Crippen molar-refractivity contribution in [3.63, 3.8) is 0 Å². The van der Waals surface area contributed by atoms with Gasteiger partial charge in [0.05, 0.1) is 11.1 Å². The lowest BCUT2D eigenvalue weighted by Crippen LogP contribution is -2.18. The van der Waals surface area contributed by atoms with Crippen molar-refractivity contribution in [1.29, 1.82) is 0 Å². The van der Waals surface area contributed by atoms with Gasteiger partial charge in [0.1, 0.15) is 0 Å². The summed E-state index contributed by atoms with van der Waals surface area (Å²) >= 11 is 15.4. The summed E-state index contributed by atoms with van der Waals surface area (Å²) in [5.74, 6) is -1.91. The summed E-state index contributed by atoms with van der Waals surface area (Å²) in [4.78, 5) is 0. The Labute approximate surface area is 134 Å². The van der Waals surface area contributed by atoms with Crippen LogP contribution < -0.4 is 5.32 Å². The monoisotopic (exact) mass is 379 g/mol. The molecule has 0 fully saturated rings. The van der Waals surface area contributed by atoms with Crippen molar-refractivity contribution in [2.24, 2.45) is 0 Å². The van der Waals surface area contributed by atoms with Crippen molar-refractivity contribution in [2.75, 3.05) is 7.05 Å². The van der Waals surface area contributed by atoms with Gasteiger partial charge in [0.15, 0.2) is 11.6 Å². The fourth-order valence-electron chi connectivity index (χ4n) is 1.95. The molecule has 6 heteroatoms. The van der Waals surface area contributed by atoms with Gasteiger partial charge in [-0.15, -0.1) is 0 Å². The van der Waals surface area contributed by atoms with Crippen LogP contribution in [-0.4, -0.2) is 7.05 Å². The Morgan fingerprint density at radius 2 is 1.70 bits per heavy atom. The van der Waals surface area contributed by atoms with Gasteiger partial charge in [0, 0.05) is 9.50 Å². The largest absolute Gasteiger partial charge is 0.309 e. The maximum Gasteiger partial charge on any atom is 0.160 e. The first-order chi connectivity index (χ1) is 9.43. The minimum atomic E-state index is -0.970. The van der Waals surface area contributed by atoms with E-state index in [0.717, 1.165) is 22.2 Å². The number of benzene rings is 2. The molecule has 20 heavy (non-hydrogen) atoms. The number of rotatable bonds is 3. The molecule has 0 aliphatic rings. The summed E-state index contributed by atoms with van der Waals surface area (Å²) in [5, 5.41) is 3.71. The molecule has 1 nitrogen and oxygen atoms in total. The second-order valence-electron chi connectivity index (χ2n) is 4.18. The SMILES string of the molecule is CNC(c1ccc(Br)c(Cl)c1)c1cc(F)c(F)cc1Cl. The van der Waals surface area contributed by atoms with Gasteiger partial charge in [0.25, 0.3) is 0 Å². The van der Waals surface area contributed by atoms with E-state index in [-0.39, 0.29) is 11.1 Å². The van der Waals surface area contributed by atoms with Crippen molar-refractivity contribution >= 4 is 39.1 Å². The predicted octanol–water partition coefficient (Wildman–Crippen LogP) is 5.34. The Kier molecular flexibility index (Phi) is 5.02. The molecule has 2 rings (SSSR count). The van der Waals surface area contributed by atoms with E-state index in [0.29, 0.717) is 10.6 Å². The molecule has 2 aromatic carbocycles. The lowest BCUT2D eigenvalue weighted by atomic mass is 9.98. The first-order valence-corrected chi connectivity index (χ1v) is 7.25. The molecule has 0 radical (unpaired) electrons. The highest BCUT2D eigenvalue weighted by atomic mass is 79.9. The zero-order valence-corrected chi connectivity index (χ0v) is 13.5. The van der Waals surface area contributed by atoms with E-state index >= 15 is 0 Å². The van der Waals surface area contributed by atoms with Crippen LogP contribution in [0.1, 0.15) is 17.2 Å². The number of nitrogens with one attached hydrogen (secondary N) is 1. The molecule has 2 aromatic rings. The molecule has 1 N–H and O–H groups in total. The zero-order chi connectivity index (χ0) is 14.9. The molecular weight excluding hydrogens is 371 g/mol. The number of halogens is 5. The van der Waals surface area contributed by atoms with Crippen LogP contribution in [0, 0.1) is 11.6 Å². The highest BCUT2D eigenvalue weighted by Crippen LogP contribution is 2.33. The molecule has 0 aromatic heterocycles. The van der Waals surface area contributed by atoms with Crippen LogP contribution in [0.5, 0.6) is 0 Å². The molecule has 0 aliphatic carbocycles. The van der Waals surface area contributed by atoms with Gasteiger partial charge in [-0.1, -0.05) is 29.3 Å². The van der Waals surface area contributed by atoms with Crippen LogP contribution in [-0.2, 0) is 0 Å². The first kappa shape index (κ1) is 15.7. The third-order valence-electron chi connectivity index (χ3n) is 2.92. The van der Waals surface area contributed by atoms with Crippen LogP contribution in [0.4, 0.5) is 8.78 Å². The van der Waals surface area contributed by atoms with E-state index in [1.54, 1.807) is 19.2 Å². The van der Waals surface area contributed by atoms with Crippen LogP contribution in [0.3, 0.4) is 0 Å². The second kappa shape index (κ2) is 6.39. The van der Waals surface area contributed by atoms with Crippen molar-refractivity contribution in [3.05, 3.63) is 67.6 Å². The Morgan fingerprint density at radius 1 is 1.05 bits per heavy atom. The van der Waals surface area contributed by atoms with Crippen LogP contribution >= 0.6 is 39.1 Å². The fourth-order valence-corrected chi connectivity index (χ4v) is 2.65. The van der Waals surface area contributed by atoms with Gasteiger partial charge >= 0.3 is 0 Å². The predicted molar refractivity (Wildman–Crippen MR) is 81.4 cm³/mol. The van der Waals surface area contributed by atoms with Crippen molar-refractivity contribution in [1.82, 2.24) is 5.32 Å². The van der Waals surface area contributed by atoms with Gasteiger partial charge in [-0.2, -0.15) is 0 Å². The molecule has 0 heterocycles. The van der Waals surface area contributed by atoms with Gasteiger partial charge in [-0.3, -0.25) is 0 Å². The Balaban J connectivity index is 2.52.